The third-order valence-electron chi connectivity index (χ3n) is 2.99. The van der Waals surface area contributed by atoms with Crippen LogP contribution in [0.3, 0.4) is 0 Å². The topological polar surface area (TPSA) is 69.0 Å². The molecular formula is C15H20N4O2. The van der Waals surface area contributed by atoms with Crippen LogP contribution in [0.5, 0.6) is 5.75 Å². The van der Waals surface area contributed by atoms with Gasteiger partial charge in [-0.15, -0.1) is 0 Å². The van der Waals surface area contributed by atoms with E-state index in [0.717, 1.165) is 12.2 Å². The minimum atomic E-state index is -0.107. The standard InChI is InChI=1S/C15H20N4O2/c1-13(12-19-9-3-8-18-19)15(20)17-7-4-10-21-14-5-2-6-16-11-14/h2-3,5-6,8-9,11,13H,4,7,10,12H2,1H3,(H,17,20). The number of carbonyl (C=O) groups is 1. The Morgan fingerprint density at radius 1 is 1.43 bits per heavy atom. The van der Waals surface area contributed by atoms with Crippen LogP contribution in [0.25, 0.3) is 0 Å². The molecule has 0 bridgehead atoms. The molecule has 0 aliphatic rings. The maximum absolute atomic E-state index is 11.9. The summed E-state index contributed by atoms with van der Waals surface area (Å²) in [5.74, 6) is 0.673. The molecule has 2 aromatic heterocycles. The molecule has 6 heteroatoms. The number of nitrogens with zero attached hydrogens (tertiary/aromatic N) is 3. The molecule has 0 radical (unpaired) electrons. The van der Waals surface area contributed by atoms with Gasteiger partial charge in [-0.05, 0) is 24.6 Å². The van der Waals surface area contributed by atoms with Gasteiger partial charge in [0.2, 0.25) is 5.91 Å². The van der Waals surface area contributed by atoms with Crippen LogP contribution in [0.1, 0.15) is 13.3 Å². The maximum Gasteiger partial charge on any atom is 0.224 e. The van der Waals surface area contributed by atoms with E-state index in [1.54, 1.807) is 23.3 Å². The fraction of sp³-hybridized carbons (Fsp3) is 0.400. The molecule has 0 spiro atoms. The lowest BCUT2D eigenvalue weighted by molar-refractivity contribution is -0.124. The predicted molar refractivity (Wildman–Crippen MR) is 78.7 cm³/mol. The second-order valence-corrected chi connectivity index (χ2v) is 4.81. The van der Waals surface area contributed by atoms with Gasteiger partial charge in [0.05, 0.1) is 25.3 Å². The van der Waals surface area contributed by atoms with Gasteiger partial charge in [-0.3, -0.25) is 14.5 Å². The van der Waals surface area contributed by atoms with E-state index in [1.165, 1.54) is 0 Å². The maximum atomic E-state index is 11.9. The largest absolute Gasteiger partial charge is 0.492 e. The molecule has 1 atom stereocenters. The number of rotatable bonds is 8. The molecule has 0 saturated heterocycles. The fourth-order valence-electron chi connectivity index (χ4n) is 1.85. The van der Waals surface area contributed by atoms with E-state index < -0.39 is 0 Å². The number of hydrogen-bond donors (Lipinski definition) is 1. The summed E-state index contributed by atoms with van der Waals surface area (Å²) in [5.41, 5.74) is 0. The van der Waals surface area contributed by atoms with Crippen LogP contribution >= 0.6 is 0 Å². The first-order valence-electron chi connectivity index (χ1n) is 7.03. The summed E-state index contributed by atoms with van der Waals surface area (Å²) in [5, 5.41) is 7.00. The van der Waals surface area contributed by atoms with E-state index in [2.05, 4.69) is 15.4 Å². The zero-order chi connectivity index (χ0) is 14.9. The second kappa shape index (κ2) is 8.04. The normalized spacial score (nSPS) is 11.9. The van der Waals surface area contributed by atoms with Gasteiger partial charge in [0.1, 0.15) is 5.75 Å². The predicted octanol–water partition coefficient (Wildman–Crippen LogP) is 1.50. The lowest BCUT2D eigenvalue weighted by Gasteiger charge is -2.12. The minimum absolute atomic E-state index is 0.0341. The monoisotopic (exact) mass is 288 g/mol. The van der Waals surface area contributed by atoms with Gasteiger partial charge in [-0.2, -0.15) is 5.10 Å². The summed E-state index contributed by atoms with van der Waals surface area (Å²) in [6.07, 6.45) is 7.69. The van der Waals surface area contributed by atoms with Gasteiger partial charge >= 0.3 is 0 Å². The third-order valence-corrected chi connectivity index (χ3v) is 2.99. The number of carbonyl (C=O) groups excluding carboxylic acids is 1. The van der Waals surface area contributed by atoms with Gasteiger partial charge in [-0.1, -0.05) is 6.92 Å². The highest BCUT2D eigenvalue weighted by Gasteiger charge is 2.12. The molecule has 1 N–H and O–H groups in total. The Labute approximate surface area is 124 Å². The summed E-state index contributed by atoms with van der Waals surface area (Å²) in [6.45, 7) is 3.64. The number of amides is 1. The first-order chi connectivity index (χ1) is 10.3. The van der Waals surface area contributed by atoms with Gasteiger partial charge in [0, 0.05) is 25.1 Å². The van der Waals surface area contributed by atoms with Crippen molar-refractivity contribution in [3.05, 3.63) is 43.0 Å². The second-order valence-electron chi connectivity index (χ2n) is 4.81. The van der Waals surface area contributed by atoms with Crippen molar-refractivity contribution in [2.24, 2.45) is 5.92 Å². The Hall–Kier alpha value is -2.37. The highest BCUT2D eigenvalue weighted by atomic mass is 16.5. The Bertz CT molecular complexity index is 528. The molecule has 1 unspecified atom stereocenters. The van der Waals surface area contributed by atoms with Crippen molar-refractivity contribution in [1.29, 1.82) is 0 Å². The van der Waals surface area contributed by atoms with Gasteiger partial charge in [0.25, 0.3) is 0 Å². The van der Waals surface area contributed by atoms with E-state index in [1.807, 2.05) is 31.3 Å². The summed E-state index contributed by atoms with van der Waals surface area (Å²) >= 11 is 0. The van der Waals surface area contributed by atoms with Crippen LogP contribution in [0, 0.1) is 5.92 Å². The quantitative estimate of drug-likeness (QED) is 0.747. The van der Waals surface area contributed by atoms with Crippen molar-refractivity contribution in [2.75, 3.05) is 13.2 Å². The summed E-state index contributed by atoms with van der Waals surface area (Å²) < 4.78 is 7.27. The number of hydrogen-bond acceptors (Lipinski definition) is 4. The van der Waals surface area contributed by atoms with E-state index >= 15 is 0 Å². The van der Waals surface area contributed by atoms with Crippen molar-refractivity contribution >= 4 is 5.91 Å². The van der Waals surface area contributed by atoms with Crippen LogP contribution in [0.4, 0.5) is 0 Å². The Kier molecular flexibility index (Phi) is 5.75. The molecule has 0 fully saturated rings. The highest BCUT2D eigenvalue weighted by molar-refractivity contribution is 5.78. The van der Waals surface area contributed by atoms with Gasteiger partial charge in [-0.25, -0.2) is 0 Å². The molecule has 0 aliphatic heterocycles. The Morgan fingerprint density at radius 2 is 2.33 bits per heavy atom. The molecular weight excluding hydrogens is 268 g/mol. The van der Waals surface area contributed by atoms with Crippen molar-refractivity contribution in [3.63, 3.8) is 0 Å². The van der Waals surface area contributed by atoms with Crippen molar-refractivity contribution in [1.82, 2.24) is 20.1 Å². The Morgan fingerprint density at radius 3 is 3.05 bits per heavy atom. The first-order valence-corrected chi connectivity index (χ1v) is 7.03. The molecule has 1 amide bonds. The van der Waals surface area contributed by atoms with Crippen LogP contribution in [0.2, 0.25) is 0 Å². The lowest BCUT2D eigenvalue weighted by atomic mass is 10.1. The first kappa shape index (κ1) is 15.0. The SMILES string of the molecule is CC(Cn1cccn1)C(=O)NCCCOc1cccnc1. The van der Waals surface area contributed by atoms with E-state index in [4.69, 9.17) is 4.74 Å². The Balaban J connectivity index is 1.58. The molecule has 0 aliphatic carbocycles. The van der Waals surface area contributed by atoms with Gasteiger partial charge < -0.3 is 10.1 Å². The van der Waals surface area contributed by atoms with E-state index in [-0.39, 0.29) is 11.8 Å². The van der Waals surface area contributed by atoms with Gasteiger partial charge in [0.15, 0.2) is 0 Å². The summed E-state index contributed by atoms with van der Waals surface area (Å²) in [7, 11) is 0. The van der Waals surface area contributed by atoms with Crippen LogP contribution < -0.4 is 10.1 Å². The molecule has 112 valence electrons. The van der Waals surface area contributed by atoms with Crippen LogP contribution in [0.15, 0.2) is 43.0 Å². The van der Waals surface area contributed by atoms with Crippen molar-refractivity contribution < 1.29 is 9.53 Å². The molecule has 0 aromatic carbocycles. The zero-order valence-electron chi connectivity index (χ0n) is 12.1. The molecule has 2 heterocycles. The molecule has 0 saturated carbocycles. The van der Waals surface area contributed by atoms with Crippen molar-refractivity contribution in [2.45, 2.75) is 19.9 Å². The number of ether oxygens (including phenoxy) is 1. The average Bonchev–Trinajstić information content (AvgIpc) is 3.00. The average molecular weight is 288 g/mol. The van der Waals surface area contributed by atoms with E-state index in [9.17, 15) is 4.79 Å². The number of pyridine rings is 1. The molecule has 21 heavy (non-hydrogen) atoms. The smallest absolute Gasteiger partial charge is 0.224 e. The highest BCUT2D eigenvalue weighted by Crippen LogP contribution is 2.06. The zero-order valence-corrected chi connectivity index (χ0v) is 12.1. The summed E-state index contributed by atoms with van der Waals surface area (Å²) in [4.78, 5) is 15.9. The molecule has 6 nitrogen and oxygen atoms in total. The number of aromatic nitrogens is 3. The summed E-state index contributed by atoms with van der Waals surface area (Å²) in [6, 6.07) is 5.53. The van der Waals surface area contributed by atoms with Crippen molar-refractivity contribution in [3.8, 4) is 5.75 Å². The third kappa shape index (κ3) is 5.25. The minimum Gasteiger partial charge on any atom is -0.492 e. The lowest BCUT2D eigenvalue weighted by Crippen LogP contribution is -2.32. The number of nitrogens with one attached hydrogen (secondary N) is 1. The molecule has 2 rings (SSSR count). The van der Waals surface area contributed by atoms with Crippen LogP contribution in [-0.2, 0) is 11.3 Å². The van der Waals surface area contributed by atoms with E-state index in [0.29, 0.717) is 19.7 Å². The molecule has 2 aromatic rings. The fourth-order valence-corrected chi connectivity index (χ4v) is 1.85. The van der Waals surface area contributed by atoms with Crippen LogP contribution in [-0.4, -0.2) is 33.8 Å².